The fraction of sp³-hybridized carbons (Fsp3) is 0.385. The molecule has 0 radical (unpaired) electrons. The van der Waals surface area contributed by atoms with Crippen LogP contribution in [0.2, 0.25) is 5.02 Å². The molecule has 0 spiro atoms. The van der Waals surface area contributed by atoms with E-state index in [9.17, 15) is 14.7 Å². The molecule has 4 N–H and O–H groups in total. The zero-order valence-corrected chi connectivity index (χ0v) is 12.7. The van der Waals surface area contributed by atoms with E-state index in [-0.39, 0.29) is 30.8 Å². The number of carbonyl (C=O) groups excluding carboxylic acids is 2. The van der Waals surface area contributed by atoms with E-state index in [4.69, 9.17) is 11.6 Å². The highest BCUT2D eigenvalue weighted by Gasteiger charge is 2.27. The Kier molecular flexibility index (Phi) is 6.91. The number of benzene rings is 1. The molecule has 0 bridgehead atoms. The standard InChI is InChI=1S/C13H16ClN3O3.ClH/c14-8-1-3-9(4-2-8)17-12(19)7-16-13(20)11-5-10(18)6-15-11;/h1-4,10-11,15,18H,5-7H2,(H,16,20)(H,17,19);1H. The second kappa shape index (κ2) is 8.19. The van der Waals surface area contributed by atoms with E-state index in [0.29, 0.717) is 23.7 Å². The van der Waals surface area contributed by atoms with Crippen molar-refractivity contribution in [3.63, 3.8) is 0 Å². The first-order chi connectivity index (χ1) is 9.54. The quantitative estimate of drug-likeness (QED) is 0.647. The minimum absolute atomic E-state index is 0. The third kappa shape index (κ3) is 5.51. The second-order valence-corrected chi connectivity index (χ2v) is 5.06. The third-order valence-corrected chi connectivity index (χ3v) is 3.23. The summed E-state index contributed by atoms with van der Waals surface area (Å²) in [5.74, 6) is -0.605. The van der Waals surface area contributed by atoms with Gasteiger partial charge in [-0.3, -0.25) is 9.59 Å². The van der Waals surface area contributed by atoms with Gasteiger partial charge in [0.2, 0.25) is 11.8 Å². The van der Waals surface area contributed by atoms with E-state index in [1.54, 1.807) is 24.3 Å². The Bertz CT molecular complexity index is 496. The molecule has 8 heteroatoms. The Hall–Kier alpha value is -1.34. The van der Waals surface area contributed by atoms with Crippen molar-refractivity contribution in [3.05, 3.63) is 29.3 Å². The van der Waals surface area contributed by atoms with Gasteiger partial charge in [-0.2, -0.15) is 0 Å². The van der Waals surface area contributed by atoms with Crippen LogP contribution in [0.3, 0.4) is 0 Å². The molecule has 1 aromatic rings. The van der Waals surface area contributed by atoms with Gasteiger partial charge in [0, 0.05) is 17.3 Å². The van der Waals surface area contributed by atoms with Crippen LogP contribution in [0, 0.1) is 0 Å². The summed E-state index contributed by atoms with van der Waals surface area (Å²) >= 11 is 5.74. The maximum Gasteiger partial charge on any atom is 0.243 e. The molecule has 1 aliphatic heterocycles. The Balaban J connectivity index is 0.00000220. The summed E-state index contributed by atoms with van der Waals surface area (Å²) in [5, 5.41) is 17.9. The Morgan fingerprint density at radius 1 is 1.33 bits per heavy atom. The van der Waals surface area contributed by atoms with Gasteiger partial charge in [-0.05, 0) is 30.7 Å². The van der Waals surface area contributed by atoms with Crippen molar-refractivity contribution in [2.75, 3.05) is 18.4 Å². The van der Waals surface area contributed by atoms with E-state index < -0.39 is 12.1 Å². The fourth-order valence-electron chi connectivity index (χ4n) is 1.95. The lowest BCUT2D eigenvalue weighted by molar-refractivity contribution is -0.125. The van der Waals surface area contributed by atoms with Crippen LogP contribution in [0.15, 0.2) is 24.3 Å². The van der Waals surface area contributed by atoms with E-state index in [1.807, 2.05) is 0 Å². The van der Waals surface area contributed by atoms with Crippen molar-refractivity contribution >= 4 is 41.5 Å². The molecule has 2 rings (SSSR count). The normalized spacial score (nSPS) is 20.5. The van der Waals surface area contributed by atoms with Crippen molar-refractivity contribution in [2.45, 2.75) is 18.6 Å². The Morgan fingerprint density at radius 2 is 2.00 bits per heavy atom. The molecule has 1 heterocycles. The first-order valence-corrected chi connectivity index (χ1v) is 6.67. The fourth-order valence-corrected chi connectivity index (χ4v) is 2.07. The number of amides is 2. The van der Waals surface area contributed by atoms with Gasteiger partial charge in [0.1, 0.15) is 0 Å². The molecule has 2 amide bonds. The molecular weight excluding hydrogens is 317 g/mol. The number of anilines is 1. The molecule has 116 valence electrons. The third-order valence-electron chi connectivity index (χ3n) is 2.98. The SMILES string of the molecule is Cl.O=C(CNC(=O)C1CC(O)CN1)Nc1ccc(Cl)cc1. The van der Waals surface area contributed by atoms with Gasteiger partial charge in [0.15, 0.2) is 0 Å². The summed E-state index contributed by atoms with van der Waals surface area (Å²) < 4.78 is 0. The van der Waals surface area contributed by atoms with Gasteiger partial charge in [-0.1, -0.05) is 11.6 Å². The average Bonchev–Trinajstić information content (AvgIpc) is 2.85. The summed E-state index contributed by atoms with van der Waals surface area (Å²) in [4.78, 5) is 23.4. The number of β-amino-alcohol motifs (C(OH)–C–C–N with tert-alkyl or cyclic N) is 1. The van der Waals surface area contributed by atoms with Crippen LogP contribution >= 0.6 is 24.0 Å². The average molecular weight is 334 g/mol. The molecule has 1 fully saturated rings. The Morgan fingerprint density at radius 3 is 2.57 bits per heavy atom. The lowest BCUT2D eigenvalue weighted by Crippen LogP contribution is -2.43. The van der Waals surface area contributed by atoms with Crippen LogP contribution in [-0.4, -0.2) is 42.2 Å². The molecule has 0 saturated carbocycles. The predicted octanol–water partition coefficient (Wildman–Crippen LogP) is 0.539. The molecule has 21 heavy (non-hydrogen) atoms. The zero-order valence-electron chi connectivity index (χ0n) is 11.1. The minimum Gasteiger partial charge on any atom is -0.392 e. The lowest BCUT2D eigenvalue weighted by atomic mass is 10.2. The topological polar surface area (TPSA) is 90.5 Å². The van der Waals surface area contributed by atoms with Crippen molar-refractivity contribution < 1.29 is 14.7 Å². The molecule has 0 aliphatic carbocycles. The molecule has 2 atom stereocenters. The van der Waals surface area contributed by atoms with Gasteiger partial charge in [0.25, 0.3) is 0 Å². The van der Waals surface area contributed by atoms with Crippen LogP contribution in [0.5, 0.6) is 0 Å². The number of hydrogen-bond donors (Lipinski definition) is 4. The summed E-state index contributed by atoms with van der Waals surface area (Å²) in [6, 6.07) is 6.25. The number of nitrogens with one attached hydrogen (secondary N) is 3. The maximum absolute atomic E-state index is 11.7. The van der Waals surface area contributed by atoms with Crippen molar-refractivity contribution in [1.29, 1.82) is 0 Å². The van der Waals surface area contributed by atoms with Crippen LogP contribution < -0.4 is 16.0 Å². The molecular formula is C13H17Cl2N3O3. The van der Waals surface area contributed by atoms with Gasteiger partial charge in [0.05, 0.1) is 18.7 Å². The van der Waals surface area contributed by atoms with Crippen molar-refractivity contribution in [1.82, 2.24) is 10.6 Å². The van der Waals surface area contributed by atoms with Crippen LogP contribution in [0.4, 0.5) is 5.69 Å². The molecule has 6 nitrogen and oxygen atoms in total. The number of carbonyl (C=O) groups is 2. The van der Waals surface area contributed by atoms with E-state index in [1.165, 1.54) is 0 Å². The van der Waals surface area contributed by atoms with E-state index in [0.717, 1.165) is 0 Å². The van der Waals surface area contributed by atoms with Crippen molar-refractivity contribution in [2.24, 2.45) is 0 Å². The monoisotopic (exact) mass is 333 g/mol. The van der Waals surface area contributed by atoms with E-state index in [2.05, 4.69) is 16.0 Å². The first kappa shape index (κ1) is 17.7. The summed E-state index contributed by atoms with van der Waals surface area (Å²) in [7, 11) is 0. The molecule has 1 aliphatic rings. The summed E-state index contributed by atoms with van der Waals surface area (Å²) in [5.41, 5.74) is 0.614. The maximum atomic E-state index is 11.7. The highest BCUT2D eigenvalue weighted by Crippen LogP contribution is 2.13. The molecule has 0 aromatic heterocycles. The largest absolute Gasteiger partial charge is 0.392 e. The van der Waals surface area contributed by atoms with Crippen LogP contribution in [0.25, 0.3) is 0 Å². The number of aliphatic hydroxyl groups is 1. The number of hydrogen-bond acceptors (Lipinski definition) is 4. The highest BCUT2D eigenvalue weighted by atomic mass is 35.5. The minimum atomic E-state index is -0.506. The molecule has 2 unspecified atom stereocenters. The second-order valence-electron chi connectivity index (χ2n) is 4.62. The molecule has 1 aromatic carbocycles. The smallest absolute Gasteiger partial charge is 0.243 e. The zero-order chi connectivity index (χ0) is 14.5. The van der Waals surface area contributed by atoms with Gasteiger partial charge in [-0.15, -0.1) is 12.4 Å². The van der Waals surface area contributed by atoms with Gasteiger partial charge >= 0.3 is 0 Å². The molecule has 1 saturated heterocycles. The first-order valence-electron chi connectivity index (χ1n) is 6.29. The predicted molar refractivity (Wildman–Crippen MR) is 82.8 cm³/mol. The number of rotatable bonds is 4. The Labute approximate surface area is 133 Å². The summed E-state index contributed by atoms with van der Waals surface area (Å²) in [6.07, 6.45) is -0.140. The van der Waals surface area contributed by atoms with Crippen LogP contribution in [-0.2, 0) is 9.59 Å². The van der Waals surface area contributed by atoms with E-state index >= 15 is 0 Å². The van der Waals surface area contributed by atoms with Gasteiger partial charge in [-0.25, -0.2) is 0 Å². The van der Waals surface area contributed by atoms with Gasteiger partial charge < -0.3 is 21.1 Å². The summed E-state index contributed by atoms with van der Waals surface area (Å²) in [6.45, 7) is 0.283. The van der Waals surface area contributed by atoms with Crippen LogP contribution in [0.1, 0.15) is 6.42 Å². The van der Waals surface area contributed by atoms with Crippen molar-refractivity contribution in [3.8, 4) is 0 Å². The number of halogens is 2. The lowest BCUT2D eigenvalue weighted by Gasteiger charge is -2.11. The highest BCUT2D eigenvalue weighted by molar-refractivity contribution is 6.30. The number of aliphatic hydroxyl groups excluding tert-OH is 1.